The van der Waals surface area contributed by atoms with Gasteiger partial charge in [0.2, 0.25) is 0 Å². The lowest BCUT2D eigenvalue weighted by Crippen LogP contribution is -2.46. The smallest absolute Gasteiger partial charge is 0.0442 e. The summed E-state index contributed by atoms with van der Waals surface area (Å²) in [5, 5.41) is 2.46. The molecule has 1 aliphatic carbocycles. The van der Waals surface area contributed by atoms with Crippen LogP contribution in [0, 0.1) is 11.8 Å². The predicted molar refractivity (Wildman–Crippen MR) is 79.8 cm³/mol. The maximum atomic E-state index is 6.82. The molecule has 100 valence electrons. The lowest BCUT2D eigenvalue weighted by molar-refractivity contribution is 0.166. The maximum Gasteiger partial charge on any atom is 0.0442 e. The van der Waals surface area contributed by atoms with Gasteiger partial charge >= 0.3 is 0 Å². The van der Waals surface area contributed by atoms with E-state index in [1.807, 2.05) is 12.4 Å². The first-order valence-corrected chi connectivity index (χ1v) is 7.23. The Hall–Kier alpha value is -1.41. The molecule has 3 unspecified atom stereocenters. The molecule has 2 nitrogen and oxygen atoms in total. The fraction of sp³-hybridized carbons (Fsp3) is 0.471. The molecule has 1 aliphatic rings. The van der Waals surface area contributed by atoms with Gasteiger partial charge in [0, 0.05) is 23.3 Å². The number of hydrogen-bond donors (Lipinski definition) is 1. The van der Waals surface area contributed by atoms with E-state index in [0.717, 1.165) is 12.3 Å². The highest BCUT2D eigenvalue weighted by Gasteiger charge is 2.38. The van der Waals surface area contributed by atoms with Crippen LogP contribution in [0.2, 0.25) is 0 Å². The van der Waals surface area contributed by atoms with Crippen LogP contribution in [-0.4, -0.2) is 4.98 Å². The lowest BCUT2D eigenvalue weighted by atomic mass is 9.66. The number of aromatic nitrogens is 1. The molecular weight excluding hydrogens is 232 g/mol. The zero-order valence-electron chi connectivity index (χ0n) is 11.8. The first kappa shape index (κ1) is 12.6. The lowest BCUT2D eigenvalue weighted by Gasteiger charge is -2.43. The highest BCUT2D eigenvalue weighted by molar-refractivity contribution is 5.85. The molecule has 2 aromatic rings. The molecule has 1 aromatic carbocycles. The second-order valence-electron chi connectivity index (χ2n) is 6.22. The molecule has 1 heterocycles. The molecule has 1 fully saturated rings. The quantitative estimate of drug-likeness (QED) is 0.839. The summed E-state index contributed by atoms with van der Waals surface area (Å²) in [6, 6.07) is 8.52. The molecule has 1 saturated carbocycles. The fourth-order valence-corrected chi connectivity index (χ4v) is 3.58. The summed E-state index contributed by atoms with van der Waals surface area (Å²) in [5.41, 5.74) is 7.90. The molecule has 0 spiro atoms. The van der Waals surface area contributed by atoms with Gasteiger partial charge in [-0.2, -0.15) is 0 Å². The fourth-order valence-electron chi connectivity index (χ4n) is 3.58. The van der Waals surface area contributed by atoms with Gasteiger partial charge in [-0.05, 0) is 48.1 Å². The molecule has 2 N–H and O–H groups in total. The summed E-state index contributed by atoms with van der Waals surface area (Å²) in [5.74, 6) is 1.31. The van der Waals surface area contributed by atoms with E-state index >= 15 is 0 Å². The SMILES string of the molecule is CC1CCC(N)(c2cccc3ccncc23)C(C)C1. The van der Waals surface area contributed by atoms with Crippen LogP contribution in [-0.2, 0) is 5.54 Å². The van der Waals surface area contributed by atoms with Crippen molar-refractivity contribution in [2.75, 3.05) is 0 Å². The Balaban J connectivity index is 2.13. The van der Waals surface area contributed by atoms with E-state index in [1.165, 1.54) is 29.2 Å². The minimum Gasteiger partial charge on any atom is -0.321 e. The van der Waals surface area contributed by atoms with Crippen molar-refractivity contribution in [2.45, 2.75) is 38.6 Å². The number of nitrogens with zero attached hydrogens (tertiary/aromatic N) is 1. The molecule has 0 radical (unpaired) electrons. The highest BCUT2D eigenvalue weighted by atomic mass is 14.8. The third-order valence-electron chi connectivity index (χ3n) is 4.87. The highest BCUT2D eigenvalue weighted by Crippen LogP contribution is 2.43. The first-order chi connectivity index (χ1) is 9.11. The summed E-state index contributed by atoms with van der Waals surface area (Å²) in [4.78, 5) is 4.28. The van der Waals surface area contributed by atoms with Crippen molar-refractivity contribution in [1.29, 1.82) is 0 Å². The van der Waals surface area contributed by atoms with E-state index < -0.39 is 0 Å². The third-order valence-corrected chi connectivity index (χ3v) is 4.87. The molecule has 1 aromatic heterocycles. The van der Waals surface area contributed by atoms with Gasteiger partial charge in [-0.1, -0.05) is 32.0 Å². The number of rotatable bonds is 1. The molecule has 0 bridgehead atoms. The van der Waals surface area contributed by atoms with Gasteiger partial charge in [0.05, 0.1) is 0 Å². The summed E-state index contributed by atoms with van der Waals surface area (Å²) >= 11 is 0. The summed E-state index contributed by atoms with van der Waals surface area (Å²) in [6.07, 6.45) is 7.32. The van der Waals surface area contributed by atoms with Crippen LogP contribution in [0.3, 0.4) is 0 Å². The molecule has 0 saturated heterocycles. The van der Waals surface area contributed by atoms with Crippen LogP contribution in [0.1, 0.15) is 38.7 Å². The molecule has 3 atom stereocenters. The second-order valence-corrected chi connectivity index (χ2v) is 6.22. The Kier molecular flexibility index (Phi) is 3.06. The Morgan fingerprint density at radius 2 is 2.11 bits per heavy atom. The molecule has 0 aliphatic heterocycles. The summed E-state index contributed by atoms with van der Waals surface area (Å²) < 4.78 is 0. The minimum absolute atomic E-state index is 0.199. The van der Waals surface area contributed by atoms with Crippen molar-refractivity contribution in [3.63, 3.8) is 0 Å². The monoisotopic (exact) mass is 254 g/mol. The Morgan fingerprint density at radius 3 is 2.89 bits per heavy atom. The van der Waals surface area contributed by atoms with E-state index in [2.05, 4.69) is 43.1 Å². The molecule has 19 heavy (non-hydrogen) atoms. The van der Waals surface area contributed by atoms with Gasteiger partial charge < -0.3 is 5.73 Å². The van der Waals surface area contributed by atoms with Gasteiger partial charge in [0.1, 0.15) is 0 Å². The van der Waals surface area contributed by atoms with Crippen LogP contribution in [0.25, 0.3) is 10.8 Å². The van der Waals surface area contributed by atoms with Gasteiger partial charge in [-0.25, -0.2) is 0 Å². The average molecular weight is 254 g/mol. The van der Waals surface area contributed by atoms with Gasteiger partial charge in [-0.15, -0.1) is 0 Å². The van der Waals surface area contributed by atoms with Crippen molar-refractivity contribution in [1.82, 2.24) is 4.98 Å². The van der Waals surface area contributed by atoms with Gasteiger partial charge in [-0.3, -0.25) is 4.98 Å². The van der Waals surface area contributed by atoms with E-state index in [9.17, 15) is 0 Å². The molecule has 3 rings (SSSR count). The number of benzene rings is 1. The van der Waals surface area contributed by atoms with Crippen molar-refractivity contribution in [3.8, 4) is 0 Å². The Morgan fingerprint density at radius 1 is 1.26 bits per heavy atom. The van der Waals surface area contributed by atoms with Crippen molar-refractivity contribution < 1.29 is 0 Å². The van der Waals surface area contributed by atoms with Crippen LogP contribution in [0.5, 0.6) is 0 Å². The van der Waals surface area contributed by atoms with Gasteiger partial charge in [0.15, 0.2) is 0 Å². The number of nitrogens with two attached hydrogens (primary N) is 1. The normalized spacial score (nSPS) is 31.5. The largest absolute Gasteiger partial charge is 0.321 e. The summed E-state index contributed by atoms with van der Waals surface area (Å²) in [7, 11) is 0. The van der Waals surface area contributed by atoms with E-state index in [0.29, 0.717) is 5.92 Å². The van der Waals surface area contributed by atoms with Gasteiger partial charge in [0.25, 0.3) is 0 Å². The number of hydrogen-bond acceptors (Lipinski definition) is 2. The van der Waals surface area contributed by atoms with E-state index in [4.69, 9.17) is 5.73 Å². The molecule has 2 heteroatoms. The second kappa shape index (κ2) is 4.61. The van der Waals surface area contributed by atoms with Crippen LogP contribution in [0.15, 0.2) is 36.7 Å². The van der Waals surface area contributed by atoms with Crippen LogP contribution >= 0.6 is 0 Å². The van der Waals surface area contributed by atoms with E-state index in [1.54, 1.807) is 0 Å². The average Bonchev–Trinajstić information content (AvgIpc) is 2.43. The van der Waals surface area contributed by atoms with Crippen molar-refractivity contribution >= 4 is 10.8 Å². The zero-order chi connectivity index (χ0) is 13.5. The first-order valence-electron chi connectivity index (χ1n) is 7.23. The summed E-state index contributed by atoms with van der Waals surface area (Å²) in [6.45, 7) is 4.63. The molecule has 0 amide bonds. The van der Waals surface area contributed by atoms with Crippen molar-refractivity contribution in [3.05, 3.63) is 42.2 Å². The topological polar surface area (TPSA) is 38.9 Å². The molecular formula is C17H22N2. The van der Waals surface area contributed by atoms with Crippen LogP contribution in [0.4, 0.5) is 0 Å². The predicted octanol–water partition coefficient (Wildman–Crippen LogP) is 3.84. The van der Waals surface area contributed by atoms with Crippen molar-refractivity contribution in [2.24, 2.45) is 17.6 Å². The minimum atomic E-state index is -0.199. The maximum absolute atomic E-state index is 6.82. The zero-order valence-corrected chi connectivity index (χ0v) is 11.8. The van der Waals surface area contributed by atoms with E-state index in [-0.39, 0.29) is 5.54 Å². The third kappa shape index (κ3) is 2.04. The standard InChI is InChI=1S/C17H22N2/c1-12-6-8-17(18,13(2)10-12)16-5-3-4-14-7-9-19-11-15(14)16/h3-5,7,9,11-13H,6,8,10,18H2,1-2H3. The Labute approximate surface area is 115 Å². The van der Waals surface area contributed by atoms with Crippen LogP contribution < -0.4 is 5.73 Å². The number of fused-ring (bicyclic) bond motifs is 1. The Bertz CT molecular complexity index is 587. The number of pyridine rings is 1.